The van der Waals surface area contributed by atoms with E-state index in [1.54, 1.807) is 6.26 Å². The highest BCUT2D eigenvalue weighted by molar-refractivity contribution is 5.17. The molecule has 0 saturated carbocycles. The molecule has 0 aromatic carbocycles. The van der Waals surface area contributed by atoms with E-state index in [1.165, 1.54) is 12.0 Å². The van der Waals surface area contributed by atoms with Gasteiger partial charge in [0.05, 0.1) is 12.8 Å². The van der Waals surface area contributed by atoms with Gasteiger partial charge >= 0.3 is 0 Å². The summed E-state index contributed by atoms with van der Waals surface area (Å²) in [5, 5.41) is 3.31. The van der Waals surface area contributed by atoms with Gasteiger partial charge in [0.25, 0.3) is 0 Å². The first-order valence-electron chi connectivity index (χ1n) is 6.69. The normalized spacial score (nSPS) is 11.6. The molecular weight excluding hydrogens is 212 g/mol. The van der Waals surface area contributed by atoms with Gasteiger partial charge in [-0.25, -0.2) is 0 Å². The Morgan fingerprint density at radius 3 is 2.71 bits per heavy atom. The lowest BCUT2D eigenvalue weighted by molar-refractivity contribution is 0.211. The smallest absolute Gasteiger partial charge is 0.122 e. The van der Waals surface area contributed by atoms with Crippen molar-refractivity contribution >= 4 is 0 Å². The number of hydrogen-bond donors (Lipinski definition) is 1. The van der Waals surface area contributed by atoms with Gasteiger partial charge in [0.1, 0.15) is 5.76 Å². The van der Waals surface area contributed by atoms with E-state index in [9.17, 15) is 0 Å². The Balaban J connectivity index is 2.61. The molecule has 0 atom stereocenters. The molecule has 0 aliphatic carbocycles. The SMILES string of the molecule is CCCN(Cc1ccoc1CNCC)C(C)C. The fraction of sp³-hybridized carbons (Fsp3) is 0.714. The second-order valence-corrected chi connectivity index (χ2v) is 4.71. The van der Waals surface area contributed by atoms with Crippen LogP contribution >= 0.6 is 0 Å². The van der Waals surface area contributed by atoms with E-state index in [2.05, 4.69) is 44.0 Å². The monoisotopic (exact) mass is 238 g/mol. The number of furan rings is 1. The predicted octanol–water partition coefficient (Wildman–Crippen LogP) is 3.01. The third kappa shape index (κ3) is 4.52. The van der Waals surface area contributed by atoms with Gasteiger partial charge in [-0.15, -0.1) is 0 Å². The molecule has 0 aliphatic rings. The van der Waals surface area contributed by atoms with Gasteiger partial charge in [0.2, 0.25) is 0 Å². The summed E-state index contributed by atoms with van der Waals surface area (Å²) >= 11 is 0. The minimum Gasteiger partial charge on any atom is -0.468 e. The van der Waals surface area contributed by atoms with Crippen molar-refractivity contribution in [2.45, 2.75) is 53.2 Å². The molecule has 0 aliphatic heterocycles. The summed E-state index contributed by atoms with van der Waals surface area (Å²) in [5.41, 5.74) is 1.31. The van der Waals surface area contributed by atoms with Gasteiger partial charge in [-0.1, -0.05) is 13.8 Å². The Morgan fingerprint density at radius 1 is 1.35 bits per heavy atom. The van der Waals surface area contributed by atoms with Crippen LogP contribution in [0.3, 0.4) is 0 Å². The number of rotatable bonds is 8. The molecule has 0 unspecified atom stereocenters. The Bertz CT molecular complexity index is 307. The molecule has 1 N–H and O–H groups in total. The molecule has 0 spiro atoms. The maximum atomic E-state index is 5.54. The van der Waals surface area contributed by atoms with Crippen LogP contribution in [-0.4, -0.2) is 24.0 Å². The predicted molar refractivity (Wildman–Crippen MR) is 71.9 cm³/mol. The van der Waals surface area contributed by atoms with Crippen LogP contribution in [0.4, 0.5) is 0 Å². The average Bonchev–Trinajstić information content (AvgIpc) is 2.73. The lowest BCUT2D eigenvalue weighted by Gasteiger charge is -2.25. The Hall–Kier alpha value is -0.800. The average molecular weight is 238 g/mol. The molecule has 0 fully saturated rings. The third-order valence-electron chi connectivity index (χ3n) is 2.99. The highest BCUT2D eigenvalue weighted by Crippen LogP contribution is 2.15. The van der Waals surface area contributed by atoms with Crippen LogP contribution in [0.15, 0.2) is 16.7 Å². The molecule has 1 heterocycles. The van der Waals surface area contributed by atoms with Gasteiger partial charge in [-0.3, -0.25) is 4.90 Å². The minimum atomic E-state index is 0.580. The van der Waals surface area contributed by atoms with Crippen molar-refractivity contribution in [2.24, 2.45) is 0 Å². The van der Waals surface area contributed by atoms with E-state index in [1.807, 2.05) is 0 Å². The van der Waals surface area contributed by atoms with Crippen LogP contribution in [0.5, 0.6) is 0 Å². The summed E-state index contributed by atoms with van der Waals surface area (Å²) < 4.78 is 5.54. The first-order chi connectivity index (χ1) is 8.19. The lowest BCUT2D eigenvalue weighted by atomic mass is 10.2. The Kier molecular flexibility index (Phi) is 6.30. The molecule has 0 saturated heterocycles. The Labute approximate surface area is 105 Å². The van der Waals surface area contributed by atoms with E-state index in [0.29, 0.717) is 6.04 Å². The van der Waals surface area contributed by atoms with Crippen LogP contribution in [0, 0.1) is 0 Å². The van der Waals surface area contributed by atoms with Gasteiger partial charge in [0.15, 0.2) is 0 Å². The molecule has 98 valence electrons. The van der Waals surface area contributed by atoms with Crippen molar-refractivity contribution in [3.63, 3.8) is 0 Å². The summed E-state index contributed by atoms with van der Waals surface area (Å²) in [7, 11) is 0. The molecule has 17 heavy (non-hydrogen) atoms. The van der Waals surface area contributed by atoms with E-state index in [0.717, 1.165) is 31.9 Å². The molecule has 0 amide bonds. The van der Waals surface area contributed by atoms with Gasteiger partial charge in [-0.05, 0) is 39.4 Å². The van der Waals surface area contributed by atoms with E-state index >= 15 is 0 Å². The van der Waals surface area contributed by atoms with Crippen molar-refractivity contribution in [1.29, 1.82) is 0 Å². The largest absolute Gasteiger partial charge is 0.468 e. The highest BCUT2D eigenvalue weighted by atomic mass is 16.3. The summed E-state index contributed by atoms with van der Waals surface area (Å²) in [5.74, 6) is 1.08. The molecule has 1 aromatic rings. The minimum absolute atomic E-state index is 0.580. The molecule has 1 aromatic heterocycles. The van der Waals surface area contributed by atoms with Crippen LogP contribution in [0.25, 0.3) is 0 Å². The van der Waals surface area contributed by atoms with Crippen molar-refractivity contribution in [2.75, 3.05) is 13.1 Å². The zero-order valence-electron chi connectivity index (χ0n) is 11.6. The maximum absolute atomic E-state index is 5.54. The fourth-order valence-corrected chi connectivity index (χ4v) is 1.93. The van der Waals surface area contributed by atoms with E-state index in [4.69, 9.17) is 4.42 Å². The molecular formula is C14H26N2O. The molecule has 0 radical (unpaired) electrons. The molecule has 3 nitrogen and oxygen atoms in total. The summed E-state index contributed by atoms with van der Waals surface area (Å²) in [6.07, 6.45) is 2.99. The second-order valence-electron chi connectivity index (χ2n) is 4.71. The Morgan fingerprint density at radius 2 is 2.12 bits per heavy atom. The van der Waals surface area contributed by atoms with Crippen LogP contribution < -0.4 is 5.32 Å². The highest BCUT2D eigenvalue weighted by Gasteiger charge is 2.13. The molecule has 1 rings (SSSR count). The number of nitrogens with one attached hydrogen (secondary N) is 1. The standard InChI is InChI=1S/C14H26N2O/c1-5-8-16(12(3)4)11-13-7-9-17-14(13)10-15-6-2/h7,9,12,15H,5-6,8,10-11H2,1-4H3. The first-order valence-corrected chi connectivity index (χ1v) is 6.69. The lowest BCUT2D eigenvalue weighted by Crippen LogP contribution is -2.31. The van der Waals surface area contributed by atoms with Crippen molar-refractivity contribution < 1.29 is 4.42 Å². The van der Waals surface area contributed by atoms with Crippen LogP contribution in [0.1, 0.15) is 45.4 Å². The first kappa shape index (κ1) is 14.3. The summed E-state index contributed by atoms with van der Waals surface area (Å²) in [6.45, 7) is 12.8. The topological polar surface area (TPSA) is 28.4 Å². The van der Waals surface area contributed by atoms with Gasteiger partial charge in [-0.2, -0.15) is 0 Å². The fourth-order valence-electron chi connectivity index (χ4n) is 1.93. The van der Waals surface area contributed by atoms with E-state index < -0.39 is 0 Å². The van der Waals surface area contributed by atoms with Crippen LogP contribution in [0.2, 0.25) is 0 Å². The molecule has 3 heteroatoms. The van der Waals surface area contributed by atoms with Crippen LogP contribution in [-0.2, 0) is 13.1 Å². The number of hydrogen-bond acceptors (Lipinski definition) is 3. The summed E-state index contributed by atoms with van der Waals surface area (Å²) in [6, 6.07) is 2.68. The zero-order valence-corrected chi connectivity index (χ0v) is 11.6. The van der Waals surface area contributed by atoms with Crippen molar-refractivity contribution in [3.05, 3.63) is 23.7 Å². The summed E-state index contributed by atoms with van der Waals surface area (Å²) in [4.78, 5) is 2.49. The van der Waals surface area contributed by atoms with Crippen molar-refractivity contribution in [1.82, 2.24) is 10.2 Å². The van der Waals surface area contributed by atoms with Crippen molar-refractivity contribution in [3.8, 4) is 0 Å². The van der Waals surface area contributed by atoms with E-state index in [-0.39, 0.29) is 0 Å². The number of nitrogens with zero attached hydrogens (tertiary/aromatic N) is 1. The van der Waals surface area contributed by atoms with Gasteiger partial charge < -0.3 is 9.73 Å². The molecule has 0 bridgehead atoms. The third-order valence-corrected chi connectivity index (χ3v) is 2.99. The zero-order chi connectivity index (χ0) is 12.7. The quantitative estimate of drug-likeness (QED) is 0.754. The van der Waals surface area contributed by atoms with Gasteiger partial charge in [0, 0.05) is 18.2 Å². The maximum Gasteiger partial charge on any atom is 0.122 e. The second kappa shape index (κ2) is 7.51.